The van der Waals surface area contributed by atoms with E-state index in [9.17, 15) is 9.18 Å². The van der Waals surface area contributed by atoms with Crippen molar-refractivity contribution < 1.29 is 18.7 Å². The van der Waals surface area contributed by atoms with Gasteiger partial charge in [-0.25, -0.2) is 4.39 Å². The predicted octanol–water partition coefficient (Wildman–Crippen LogP) is 4.09. The first-order valence-electron chi connectivity index (χ1n) is 11.8. The van der Waals surface area contributed by atoms with E-state index in [-0.39, 0.29) is 30.3 Å². The molecule has 3 heterocycles. The highest BCUT2D eigenvalue weighted by molar-refractivity contribution is 7.99. The molecule has 1 N–H and O–H groups in total. The molecule has 0 spiro atoms. The predicted molar refractivity (Wildman–Crippen MR) is 130 cm³/mol. The van der Waals surface area contributed by atoms with Crippen molar-refractivity contribution in [3.05, 3.63) is 59.7 Å². The molecular weight excluding hydrogens is 469 g/mol. The lowest BCUT2D eigenvalue weighted by Crippen LogP contribution is -2.33. The Bertz CT molecular complexity index is 1180. The first kappa shape index (κ1) is 23.6. The van der Waals surface area contributed by atoms with E-state index in [1.165, 1.54) is 43.2 Å². The number of carbonyl (C=O) groups is 1. The molecule has 0 radical (unpaired) electrons. The highest BCUT2D eigenvalue weighted by atomic mass is 32.2. The van der Waals surface area contributed by atoms with Crippen LogP contribution in [0.1, 0.15) is 43.6 Å². The Morgan fingerprint density at radius 3 is 2.66 bits per heavy atom. The van der Waals surface area contributed by atoms with Crippen LogP contribution in [0, 0.1) is 5.82 Å². The summed E-state index contributed by atoms with van der Waals surface area (Å²) in [5.74, 6) is 1.96. The van der Waals surface area contributed by atoms with Gasteiger partial charge in [-0.3, -0.25) is 14.3 Å². The number of amides is 1. The van der Waals surface area contributed by atoms with Crippen LogP contribution in [0.3, 0.4) is 0 Å². The minimum atomic E-state index is -0.301. The summed E-state index contributed by atoms with van der Waals surface area (Å²) in [6, 6.07) is 12.0. The Kier molecular flexibility index (Phi) is 7.19. The summed E-state index contributed by atoms with van der Waals surface area (Å²) in [4.78, 5) is 15.0. The zero-order chi connectivity index (χ0) is 24.2. The zero-order valence-electron chi connectivity index (χ0n) is 19.6. The molecule has 10 heteroatoms. The van der Waals surface area contributed by atoms with Gasteiger partial charge in [0.1, 0.15) is 5.82 Å². The molecule has 0 aliphatic carbocycles. The molecule has 1 amide bonds. The number of benzene rings is 2. The number of nitrogens with one attached hydrogen (secondary N) is 1. The molecule has 1 aromatic heterocycles. The summed E-state index contributed by atoms with van der Waals surface area (Å²) in [5, 5.41) is 12.4. The van der Waals surface area contributed by atoms with Crippen LogP contribution in [0.25, 0.3) is 5.69 Å². The van der Waals surface area contributed by atoms with E-state index >= 15 is 0 Å². The summed E-state index contributed by atoms with van der Waals surface area (Å²) in [6.45, 7) is 4.76. The second-order valence-corrected chi connectivity index (χ2v) is 9.62. The Hall–Kier alpha value is -3.11. The summed E-state index contributed by atoms with van der Waals surface area (Å²) in [7, 11) is 0. The van der Waals surface area contributed by atoms with Crippen molar-refractivity contribution in [3.8, 4) is 17.2 Å². The number of likely N-dealkylation sites (tertiary alicyclic amines) is 1. The SMILES string of the molecule is C[C@@H](c1nnc(SCC(=O)NCc2ccc3c(c2)OCO3)n1-c1ccc(F)cc1)N1CCCCC1. The monoisotopic (exact) mass is 497 g/mol. The van der Waals surface area contributed by atoms with E-state index in [4.69, 9.17) is 9.47 Å². The molecule has 0 bridgehead atoms. The first-order valence-corrected chi connectivity index (χ1v) is 12.8. The standard InChI is InChI=1S/C25H28FN5O3S/c1-17(30-11-3-2-4-12-30)24-28-29-25(31(24)20-8-6-19(26)7-9-20)35-15-23(32)27-14-18-5-10-21-22(13-18)34-16-33-21/h5-10,13,17H,2-4,11-12,14-16H2,1H3,(H,27,32)/t17-/m0/s1. The van der Waals surface area contributed by atoms with Crippen molar-refractivity contribution in [3.63, 3.8) is 0 Å². The second kappa shape index (κ2) is 10.7. The van der Waals surface area contributed by atoms with Crippen LogP contribution in [0.5, 0.6) is 11.5 Å². The molecule has 1 atom stereocenters. The summed E-state index contributed by atoms with van der Waals surface area (Å²) in [5.41, 5.74) is 1.71. The number of carbonyl (C=O) groups excluding carboxylic acids is 1. The Balaban J connectivity index is 1.28. The number of hydrogen-bond acceptors (Lipinski definition) is 7. The molecule has 2 aliphatic rings. The fourth-order valence-corrected chi connectivity index (χ4v) is 5.17. The smallest absolute Gasteiger partial charge is 0.231 e. The molecular formula is C25H28FN5O3S. The quantitative estimate of drug-likeness (QED) is 0.470. The van der Waals surface area contributed by atoms with Gasteiger partial charge in [0.2, 0.25) is 12.7 Å². The molecule has 2 aliphatic heterocycles. The van der Waals surface area contributed by atoms with Crippen LogP contribution >= 0.6 is 11.8 Å². The maximum Gasteiger partial charge on any atom is 0.231 e. The normalized spacial score (nSPS) is 16.3. The van der Waals surface area contributed by atoms with Crippen LogP contribution < -0.4 is 14.8 Å². The van der Waals surface area contributed by atoms with Crippen molar-refractivity contribution in [2.75, 3.05) is 25.6 Å². The molecule has 2 aromatic carbocycles. The van der Waals surface area contributed by atoms with Gasteiger partial charge in [-0.15, -0.1) is 10.2 Å². The number of ether oxygens (including phenoxy) is 2. The molecule has 35 heavy (non-hydrogen) atoms. The van der Waals surface area contributed by atoms with Crippen molar-refractivity contribution in [1.82, 2.24) is 25.0 Å². The van der Waals surface area contributed by atoms with Crippen molar-refractivity contribution in [2.45, 2.75) is 43.9 Å². The average Bonchev–Trinajstić information content (AvgIpc) is 3.53. The highest BCUT2D eigenvalue weighted by Crippen LogP contribution is 2.32. The minimum absolute atomic E-state index is 0.0574. The third kappa shape index (κ3) is 5.43. The van der Waals surface area contributed by atoms with Crippen molar-refractivity contribution in [2.24, 2.45) is 0 Å². The minimum Gasteiger partial charge on any atom is -0.454 e. The average molecular weight is 498 g/mol. The molecule has 0 saturated carbocycles. The van der Waals surface area contributed by atoms with Crippen LogP contribution in [0.2, 0.25) is 0 Å². The van der Waals surface area contributed by atoms with E-state index in [1.54, 1.807) is 12.1 Å². The molecule has 8 nitrogen and oxygen atoms in total. The number of aromatic nitrogens is 3. The number of hydrogen-bond donors (Lipinski definition) is 1. The lowest BCUT2D eigenvalue weighted by atomic mass is 10.1. The van der Waals surface area contributed by atoms with Crippen LogP contribution in [-0.4, -0.2) is 51.2 Å². The number of fused-ring (bicyclic) bond motifs is 1. The van der Waals surface area contributed by atoms with E-state index in [2.05, 4.69) is 27.3 Å². The van der Waals surface area contributed by atoms with E-state index in [0.717, 1.165) is 30.2 Å². The van der Waals surface area contributed by atoms with Crippen LogP contribution in [0.4, 0.5) is 4.39 Å². The van der Waals surface area contributed by atoms with E-state index in [1.807, 2.05) is 22.8 Å². The molecule has 184 valence electrons. The fourth-order valence-electron chi connectivity index (χ4n) is 4.38. The number of thioether (sulfide) groups is 1. The summed E-state index contributed by atoms with van der Waals surface area (Å²) >= 11 is 1.31. The van der Waals surface area contributed by atoms with Gasteiger partial charge in [0, 0.05) is 12.2 Å². The van der Waals surface area contributed by atoms with Crippen molar-refractivity contribution >= 4 is 17.7 Å². The summed E-state index contributed by atoms with van der Waals surface area (Å²) < 4.78 is 26.3. The van der Waals surface area contributed by atoms with Gasteiger partial charge in [0.25, 0.3) is 0 Å². The lowest BCUT2D eigenvalue weighted by molar-refractivity contribution is -0.118. The Morgan fingerprint density at radius 2 is 1.86 bits per heavy atom. The molecule has 1 saturated heterocycles. The lowest BCUT2D eigenvalue weighted by Gasteiger charge is -2.31. The van der Waals surface area contributed by atoms with Gasteiger partial charge in [-0.05, 0) is 74.8 Å². The van der Waals surface area contributed by atoms with Gasteiger partial charge in [-0.1, -0.05) is 24.2 Å². The third-order valence-corrected chi connectivity index (χ3v) is 7.24. The van der Waals surface area contributed by atoms with Gasteiger partial charge in [-0.2, -0.15) is 0 Å². The van der Waals surface area contributed by atoms with Crippen LogP contribution in [0.15, 0.2) is 47.6 Å². The fraction of sp³-hybridized carbons (Fsp3) is 0.400. The maximum absolute atomic E-state index is 13.6. The van der Waals surface area contributed by atoms with Gasteiger partial charge in [0.15, 0.2) is 22.5 Å². The number of nitrogens with zero attached hydrogens (tertiary/aromatic N) is 4. The summed E-state index contributed by atoms with van der Waals surface area (Å²) in [6.07, 6.45) is 3.58. The maximum atomic E-state index is 13.6. The van der Waals surface area contributed by atoms with Gasteiger partial charge < -0.3 is 14.8 Å². The number of halogens is 1. The van der Waals surface area contributed by atoms with Crippen LogP contribution in [-0.2, 0) is 11.3 Å². The Labute approximate surface area is 207 Å². The number of piperidine rings is 1. The highest BCUT2D eigenvalue weighted by Gasteiger charge is 2.26. The second-order valence-electron chi connectivity index (χ2n) is 8.68. The largest absolute Gasteiger partial charge is 0.454 e. The molecule has 0 unspecified atom stereocenters. The topological polar surface area (TPSA) is 81.5 Å². The zero-order valence-corrected chi connectivity index (χ0v) is 20.4. The van der Waals surface area contributed by atoms with Gasteiger partial charge >= 0.3 is 0 Å². The third-order valence-electron chi connectivity index (χ3n) is 6.31. The van der Waals surface area contributed by atoms with Crippen molar-refractivity contribution in [1.29, 1.82) is 0 Å². The Morgan fingerprint density at radius 1 is 1.09 bits per heavy atom. The number of rotatable bonds is 8. The first-order chi connectivity index (χ1) is 17.1. The van der Waals surface area contributed by atoms with E-state index < -0.39 is 0 Å². The van der Waals surface area contributed by atoms with E-state index in [0.29, 0.717) is 23.2 Å². The molecule has 1 fully saturated rings. The molecule has 5 rings (SSSR count). The van der Waals surface area contributed by atoms with Gasteiger partial charge in [0.05, 0.1) is 11.8 Å². The molecule has 3 aromatic rings.